The summed E-state index contributed by atoms with van der Waals surface area (Å²) in [6.07, 6.45) is 0. The van der Waals surface area contributed by atoms with Crippen molar-refractivity contribution in [2.75, 3.05) is 6.54 Å². The molecule has 0 bridgehead atoms. The van der Waals surface area contributed by atoms with E-state index in [1.807, 2.05) is 0 Å². The largest absolute Gasteiger partial charge is 0.330 e. The molecule has 0 amide bonds. The fourth-order valence-electron chi connectivity index (χ4n) is 0. The highest BCUT2D eigenvalue weighted by atomic mass is 14.5. The molecular formula is C4H15N. The van der Waals surface area contributed by atoms with E-state index in [1.165, 1.54) is 0 Å². The number of hydrogen-bond donors (Lipinski definition) is 1. The first-order valence-corrected chi connectivity index (χ1v) is 1.97. The van der Waals surface area contributed by atoms with Crippen molar-refractivity contribution in [1.29, 1.82) is 0 Å². The van der Waals surface area contributed by atoms with Gasteiger partial charge in [0.2, 0.25) is 0 Å². The normalized spacial score (nSPS) is 9.60. The maximum absolute atomic E-state index is 5.17. The summed E-state index contributed by atoms with van der Waals surface area (Å²) in [5.41, 5.74) is 5.17. The Balaban J connectivity index is -0.0000000800. The van der Waals surface area contributed by atoms with Crippen LogP contribution in [0.5, 0.6) is 0 Å². The van der Waals surface area contributed by atoms with Crippen molar-refractivity contribution in [2.24, 2.45) is 11.7 Å². The van der Waals surface area contributed by atoms with Gasteiger partial charge in [-0.2, -0.15) is 0 Å². The minimum absolute atomic E-state index is 0. The van der Waals surface area contributed by atoms with Crippen LogP contribution in [-0.4, -0.2) is 6.54 Å². The predicted molar refractivity (Wildman–Crippen MR) is 28.1 cm³/mol. The quantitative estimate of drug-likeness (QED) is 0.498. The van der Waals surface area contributed by atoms with E-state index in [1.54, 1.807) is 0 Å². The highest BCUT2D eigenvalue weighted by molar-refractivity contribution is 4.38. The van der Waals surface area contributed by atoms with Gasteiger partial charge in [-0.1, -0.05) is 13.8 Å². The summed E-state index contributed by atoms with van der Waals surface area (Å²) < 4.78 is 0. The molecule has 0 saturated carbocycles. The Morgan fingerprint density at radius 2 is 2.00 bits per heavy atom. The monoisotopic (exact) mass is 77.1 g/mol. The molecule has 0 spiro atoms. The van der Waals surface area contributed by atoms with Crippen molar-refractivity contribution in [2.45, 2.75) is 13.8 Å². The van der Waals surface area contributed by atoms with Crippen molar-refractivity contribution in [3.63, 3.8) is 0 Å². The van der Waals surface area contributed by atoms with Crippen molar-refractivity contribution >= 4 is 0 Å². The Kier molecular flexibility index (Phi) is 2.19. The SMILES string of the molecule is CC(C)CN.[HH].[HH]. The molecule has 0 unspecified atom stereocenters. The van der Waals surface area contributed by atoms with E-state index >= 15 is 0 Å². The lowest BCUT2D eigenvalue weighted by Gasteiger charge is -1.91. The summed E-state index contributed by atoms with van der Waals surface area (Å²) in [6, 6.07) is 0. The van der Waals surface area contributed by atoms with E-state index in [4.69, 9.17) is 5.73 Å². The van der Waals surface area contributed by atoms with Crippen LogP contribution in [0.2, 0.25) is 0 Å². The zero-order valence-corrected chi connectivity index (χ0v) is 3.86. The van der Waals surface area contributed by atoms with Crippen LogP contribution < -0.4 is 5.73 Å². The molecule has 0 atom stereocenters. The Labute approximate surface area is 36.1 Å². The van der Waals surface area contributed by atoms with Crippen LogP contribution in [0, 0.1) is 5.92 Å². The highest BCUT2D eigenvalue weighted by Gasteiger charge is 1.80. The fraction of sp³-hybridized carbons (Fsp3) is 1.00. The molecule has 1 nitrogen and oxygen atoms in total. The Hall–Kier alpha value is -0.0400. The van der Waals surface area contributed by atoms with Crippen LogP contribution in [0.3, 0.4) is 0 Å². The maximum Gasteiger partial charge on any atom is 0 e. The Bertz CT molecular complexity index is 23.7. The van der Waals surface area contributed by atoms with Crippen molar-refractivity contribution in [3.8, 4) is 0 Å². The van der Waals surface area contributed by atoms with Crippen LogP contribution >= 0.6 is 0 Å². The molecule has 0 saturated heterocycles. The smallest absolute Gasteiger partial charge is 0 e. The van der Waals surface area contributed by atoms with Gasteiger partial charge in [-0.25, -0.2) is 0 Å². The molecule has 2 N–H and O–H groups in total. The van der Waals surface area contributed by atoms with Gasteiger partial charge in [-0.05, 0) is 12.5 Å². The first kappa shape index (κ1) is 4.96. The summed E-state index contributed by atoms with van der Waals surface area (Å²) in [4.78, 5) is 0. The van der Waals surface area contributed by atoms with E-state index in [0.29, 0.717) is 5.92 Å². The minimum Gasteiger partial charge on any atom is -0.330 e. The molecule has 0 radical (unpaired) electrons. The maximum atomic E-state index is 5.17. The molecule has 36 valence electrons. The third-order valence-corrected chi connectivity index (χ3v) is 0.471. The highest BCUT2D eigenvalue weighted by Crippen LogP contribution is 1.81. The van der Waals surface area contributed by atoms with E-state index in [9.17, 15) is 0 Å². The molecule has 0 aliphatic rings. The first-order chi connectivity index (χ1) is 2.27. The summed E-state index contributed by atoms with van der Waals surface area (Å²) in [7, 11) is 0. The van der Waals surface area contributed by atoms with Crippen LogP contribution in [0.25, 0.3) is 0 Å². The van der Waals surface area contributed by atoms with Crippen LogP contribution in [0.4, 0.5) is 0 Å². The molecular weight excluding hydrogens is 62.1 g/mol. The molecule has 0 aromatic rings. The lowest BCUT2D eigenvalue weighted by molar-refractivity contribution is 0.664. The number of nitrogens with two attached hydrogens (primary N) is 1. The zero-order valence-electron chi connectivity index (χ0n) is 3.86. The average Bonchev–Trinajstić information content (AvgIpc) is 1.38. The second kappa shape index (κ2) is 2.21. The summed E-state index contributed by atoms with van der Waals surface area (Å²) in [5.74, 6) is 0.662. The first-order valence-electron chi connectivity index (χ1n) is 1.97. The lowest BCUT2D eigenvalue weighted by Crippen LogP contribution is -2.05. The van der Waals surface area contributed by atoms with Crippen LogP contribution in [0.15, 0.2) is 0 Å². The van der Waals surface area contributed by atoms with Crippen molar-refractivity contribution < 1.29 is 2.85 Å². The van der Waals surface area contributed by atoms with Gasteiger partial charge in [0.25, 0.3) is 0 Å². The van der Waals surface area contributed by atoms with E-state index < -0.39 is 0 Å². The van der Waals surface area contributed by atoms with Gasteiger partial charge in [0.1, 0.15) is 0 Å². The van der Waals surface area contributed by atoms with Crippen LogP contribution in [0.1, 0.15) is 16.7 Å². The van der Waals surface area contributed by atoms with Gasteiger partial charge >= 0.3 is 0 Å². The topological polar surface area (TPSA) is 26.0 Å². The summed E-state index contributed by atoms with van der Waals surface area (Å²) in [6.45, 7) is 5.00. The average molecular weight is 77.2 g/mol. The fourth-order valence-corrected chi connectivity index (χ4v) is 0. The van der Waals surface area contributed by atoms with Crippen molar-refractivity contribution in [1.82, 2.24) is 0 Å². The van der Waals surface area contributed by atoms with Gasteiger partial charge < -0.3 is 5.73 Å². The molecule has 0 aliphatic heterocycles. The van der Waals surface area contributed by atoms with E-state index in [0.717, 1.165) is 6.54 Å². The van der Waals surface area contributed by atoms with E-state index in [2.05, 4.69) is 13.8 Å². The van der Waals surface area contributed by atoms with Gasteiger partial charge in [0.15, 0.2) is 0 Å². The summed E-state index contributed by atoms with van der Waals surface area (Å²) in [5, 5.41) is 0. The van der Waals surface area contributed by atoms with Crippen LogP contribution in [-0.2, 0) is 0 Å². The van der Waals surface area contributed by atoms with Gasteiger partial charge in [-0.15, -0.1) is 0 Å². The number of rotatable bonds is 1. The van der Waals surface area contributed by atoms with Gasteiger partial charge in [0.05, 0.1) is 0 Å². The molecule has 0 heterocycles. The molecule has 1 heteroatoms. The van der Waals surface area contributed by atoms with Crippen molar-refractivity contribution in [3.05, 3.63) is 0 Å². The predicted octanol–water partition coefficient (Wildman–Crippen LogP) is 1.09. The standard InChI is InChI=1S/C4H11N.2H2/c1-4(2)3-5;;/h4H,3,5H2,1-2H3;2*1H. The van der Waals surface area contributed by atoms with Gasteiger partial charge in [0, 0.05) is 2.85 Å². The summed E-state index contributed by atoms with van der Waals surface area (Å²) >= 11 is 0. The molecule has 0 fully saturated rings. The zero-order chi connectivity index (χ0) is 4.28. The second-order valence-corrected chi connectivity index (χ2v) is 1.63. The molecule has 5 heavy (non-hydrogen) atoms. The van der Waals surface area contributed by atoms with Gasteiger partial charge in [-0.3, -0.25) is 0 Å². The Morgan fingerprint density at radius 3 is 2.00 bits per heavy atom. The van der Waals surface area contributed by atoms with E-state index in [-0.39, 0.29) is 2.85 Å². The molecule has 0 aliphatic carbocycles. The number of hydrogen-bond acceptors (Lipinski definition) is 1. The minimum atomic E-state index is 0. The third kappa shape index (κ3) is 3.96. The molecule has 0 rings (SSSR count). The molecule has 0 aromatic carbocycles. The second-order valence-electron chi connectivity index (χ2n) is 1.63. The lowest BCUT2D eigenvalue weighted by atomic mass is 10.2. The third-order valence-electron chi connectivity index (χ3n) is 0.471. The Morgan fingerprint density at radius 1 is 1.80 bits per heavy atom. The molecule has 0 aromatic heterocycles.